The molecule has 2 aromatic heterocycles. The Morgan fingerprint density at radius 2 is 2.27 bits per heavy atom. The van der Waals surface area contributed by atoms with Gasteiger partial charge in [0.05, 0.1) is 12.2 Å². The number of nitrogens with one attached hydrogen (secondary N) is 1. The van der Waals surface area contributed by atoms with Crippen LogP contribution >= 0.6 is 0 Å². The van der Waals surface area contributed by atoms with E-state index in [1.165, 1.54) is 0 Å². The van der Waals surface area contributed by atoms with Gasteiger partial charge in [-0.1, -0.05) is 0 Å². The Kier molecular flexibility index (Phi) is 2.67. The van der Waals surface area contributed by atoms with E-state index in [1.807, 2.05) is 38.5 Å². The smallest absolute Gasteiger partial charge is 0.0815 e. The van der Waals surface area contributed by atoms with E-state index in [-0.39, 0.29) is 0 Å². The van der Waals surface area contributed by atoms with Gasteiger partial charge in [-0.15, -0.1) is 0 Å². The lowest BCUT2D eigenvalue weighted by molar-refractivity contribution is 0.747. The van der Waals surface area contributed by atoms with Crippen LogP contribution in [-0.4, -0.2) is 14.8 Å². The molecule has 2 aromatic rings. The molecule has 0 fully saturated rings. The van der Waals surface area contributed by atoms with Crippen molar-refractivity contribution in [3.63, 3.8) is 0 Å². The summed E-state index contributed by atoms with van der Waals surface area (Å²) in [5.74, 6) is 0. The maximum atomic E-state index is 4.29. The molecule has 0 spiro atoms. The Hall–Kier alpha value is -1.84. The molecule has 1 N–H and O–H groups in total. The predicted octanol–water partition coefficient (Wildman–Crippen LogP) is 1.74. The van der Waals surface area contributed by atoms with Crippen LogP contribution in [0.4, 0.5) is 5.69 Å². The first kappa shape index (κ1) is 9.71. The van der Waals surface area contributed by atoms with Crippen LogP contribution in [0, 0.1) is 6.92 Å². The van der Waals surface area contributed by atoms with E-state index in [0.717, 1.165) is 23.5 Å². The van der Waals surface area contributed by atoms with E-state index in [4.69, 9.17) is 0 Å². The molecule has 2 rings (SSSR count). The maximum absolute atomic E-state index is 4.29. The second-order valence-electron chi connectivity index (χ2n) is 3.52. The average Bonchev–Trinajstić information content (AvgIpc) is 2.63. The Bertz CT molecular complexity index is 447. The summed E-state index contributed by atoms with van der Waals surface area (Å²) in [7, 11) is 1.92. The fraction of sp³-hybridized carbons (Fsp3) is 0.273. The third-order valence-corrected chi connectivity index (χ3v) is 2.25. The number of anilines is 1. The average molecular weight is 202 g/mol. The van der Waals surface area contributed by atoms with Gasteiger partial charge in [-0.3, -0.25) is 9.67 Å². The summed E-state index contributed by atoms with van der Waals surface area (Å²) < 4.78 is 1.80. The second kappa shape index (κ2) is 4.13. The highest BCUT2D eigenvalue weighted by molar-refractivity contribution is 5.48. The molecule has 4 nitrogen and oxygen atoms in total. The fourth-order valence-electron chi connectivity index (χ4n) is 1.41. The normalized spacial score (nSPS) is 10.3. The first-order valence-corrected chi connectivity index (χ1v) is 4.89. The number of hydrogen-bond acceptors (Lipinski definition) is 3. The number of rotatable bonds is 3. The molecule has 78 valence electrons. The monoisotopic (exact) mass is 202 g/mol. The van der Waals surface area contributed by atoms with E-state index >= 15 is 0 Å². The van der Waals surface area contributed by atoms with Crippen molar-refractivity contribution in [3.05, 3.63) is 42.0 Å². The minimum Gasteiger partial charge on any atom is -0.379 e. The van der Waals surface area contributed by atoms with Crippen molar-refractivity contribution >= 4 is 5.69 Å². The van der Waals surface area contributed by atoms with Gasteiger partial charge in [0.25, 0.3) is 0 Å². The lowest BCUT2D eigenvalue weighted by Gasteiger charge is -2.06. The molecule has 0 bridgehead atoms. The SMILES string of the molecule is Cc1cnccc1NCc1ccn(C)n1. The topological polar surface area (TPSA) is 42.7 Å². The zero-order chi connectivity index (χ0) is 10.7. The van der Waals surface area contributed by atoms with Gasteiger partial charge >= 0.3 is 0 Å². The molecule has 0 unspecified atom stereocenters. The Labute approximate surface area is 89.0 Å². The lowest BCUT2D eigenvalue weighted by atomic mass is 10.2. The van der Waals surface area contributed by atoms with Crippen LogP contribution in [0.5, 0.6) is 0 Å². The van der Waals surface area contributed by atoms with Gasteiger partial charge in [0.15, 0.2) is 0 Å². The number of nitrogens with zero attached hydrogens (tertiary/aromatic N) is 3. The van der Waals surface area contributed by atoms with Crippen molar-refractivity contribution in [3.8, 4) is 0 Å². The maximum Gasteiger partial charge on any atom is 0.0815 e. The van der Waals surface area contributed by atoms with Crippen molar-refractivity contribution in [2.45, 2.75) is 13.5 Å². The van der Waals surface area contributed by atoms with E-state index in [9.17, 15) is 0 Å². The number of aromatic nitrogens is 3. The molecule has 2 heterocycles. The van der Waals surface area contributed by atoms with Gasteiger partial charge in [0, 0.05) is 31.3 Å². The molecule has 15 heavy (non-hydrogen) atoms. The van der Waals surface area contributed by atoms with Gasteiger partial charge in [-0.05, 0) is 24.6 Å². The number of aryl methyl sites for hydroxylation is 2. The van der Waals surface area contributed by atoms with Crippen molar-refractivity contribution in [2.75, 3.05) is 5.32 Å². The van der Waals surface area contributed by atoms with Gasteiger partial charge in [0.1, 0.15) is 0 Å². The first-order valence-electron chi connectivity index (χ1n) is 4.89. The lowest BCUT2D eigenvalue weighted by Crippen LogP contribution is -2.02. The third kappa shape index (κ3) is 2.34. The van der Waals surface area contributed by atoms with Crippen molar-refractivity contribution in [1.82, 2.24) is 14.8 Å². The van der Waals surface area contributed by atoms with Crippen LogP contribution in [0.25, 0.3) is 0 Å². The van der Waals surface area contributed by atoms with Crippen molar-refractivity contribution in [1.29, 1.82) is 0 Å². The van der Waals surface area contributed by atoms with Crippen molar-refractivity contribution in [2.24, 2.45) is 7.05 Å². The molecule has 0 amide bonds. The Morgan fingerprint density at radius 3 is 2.93 bits per heavy atom. The van der Waals surface area contributed by atoms with Crippen LogP contribution in [0.1, 0.15) is 11.3 Å². The summed E-state index contributed by atoms with van der Waals surface area (Å²) >= 11 is 0. The van der Waals surface area contributed by atoms with Crippen LogP contribution in [0.15, 0.2) is 30.7 Å². The summed E-state index contributed by atoms with van der Waals surface area (Å²) in [5.41, 5.74) is 3.29. The summed E-state index contributed by atoms with van der Waals surface area (Å²) in [6, 6.07) is 3.97. The molecule has 0 saturated heterocycles. The largest absolute Gasteiger partial charge is 0.379 e. The zero-order valence-corrected chi connectivity index (χ0v) is 8.94. The van der Waals surface area contributed by atoms with Crippen LogP contribution in [0.3, 0.4) is 0 Å². The van der Waals surface area contributed by atoms with E-state index in [0.29, 0.717) is 0 Å². The first-order chi connectivity index (χ1) is 7.25. The molecule has 0 saturated carbocycles. The van der Waals surface area contributed by atoms with Crippen LogP contribution in [-0.2, 0) is 13.6 Å². The Morgan fingerprint density at radius 1 is 1.40 bits per heavy atom. The summed E-state index contributed by atoms with van der Waals surface area (Å²) in [6.45, 7) is 2.78. The van der Waals surface area contributed by atoms with Gasteiger partial charge in [-0.25, -0.2) is 0 Å². The number of hydrogen-bond donors (Lipinski definition) is 1. The highest BCUT2D eigenvalue weighted by Gasteiger charge is 1.99. The molecular weight excluding hydrogens is 188 g/mol. The molecular formula is C11H14N4. The summed E-state index contributed by atoms with van der Waals surface area (Å²) in [4.78, 5) is 4.04. The predicted molar refractivity (Wildman–Crippen MR) is 59.5 cm³/mol. The quantitative estimate of drug-likeness (QED) is 0.824. The van der Waals surface area contributed by atoms with Gasteiger partial charge in [-0.2, -0.15) is 5.10 Å². The van der Waals surface area contributed by atoms with Crippen molar-refractivity contribution < 1.29 is 0 Å². The van der Waals surface area contributed by atoms with Crippen LogP contribution in [0.2, 0.25) is 0 Å². The van der Waals surface area contributed by atoms with E-state index in [1.54, 1.807) is 10.9 Å². The second-order valence-corrected chi connectivity index (χ2v) is 3.52. The molecule has 0 radical (unpaired) electrons. The Balaban J connectivity index is 2.02. The number of pyridine rings is 1. The van der Waals surface area contributed by atoms with Crippen LogP contribution < -0.4 is 5.32 Å². The summed E-state index contributed by atoms with van der Waals surface area (Å²) in [5, 5.41) is 7.62. The standard InChI is InChI=1S/C11H14N4/c1-9-7-12-5-3-11(9)13-8-10-4-6-15(2)14-10/h3-7H,8H2,1-2H3,(H,12,13). The molecule has 0 atom stereocenters. The van der Waals surface area contributed by atoms with E-state index < -0.39 is 0 Å². The third-order valence-electron chi connectivity index (χ3n) is 2.25. The van der Waals surface area contributed by atoms with Gasteiger partial charge < -0.3 is 5.32 Å². The minimum absolute atomic E-state index is 0.742. The van der Waals surface area contributed by atoms with E-state index in [2.05, 4.69) is 15.4 Å². The molecule has 4 heteroatoms. The van der Waals surface area contributed by atoms with Gasteiger partial charge in [0.2, 0.25) is 0 Å². The summed E-state index contributed by atoms with van der Waals surface area (Å²) in [6.07, 6.45) is 5.57. The molecule has 0 aliphatic heterocycles. The molecule has 0 aliphatic carbocycles. The highest BCUT2D eigenvalue weighted by atomic mass is 15.3. The zero-order valence-electron chi connectivity index (χ0n) is 8.94. The molecule has 0 aromatic carbocycles. The highest BCUT2D eigenvalue weighted by Crippen LogP contribution is 2.12. The minimum atomic E-state index is 0.742. The molecule has 0 aliphatic rings. The fourth-order valence-corrected chi connectivity index (χ4v) is 1.41.